The molecule has 0 saturated heterocycles. The van der Waals surface area contributed by atoms with Crippen molar-refractivity contribution in [1.82, 2.24) is 0 Å². The summed E-state index contributed by atoms with van der Waals surface area (Å²) in [7, 11) is 0. The first-order valence-electron chi connectivity index (χ1n) is 8.93. The molecule has 3 rings (SSSR count). The van der Waals surface area contributed by atoms with Crippen LogP contribution in [0.2, 0.25) is 0 Å². The van der Waals surface area contributed by atoms with E-state index in [9.17, 15) is 15.0 Å². The predicted octanol–water partition coefficient (Wildman–Crippen LogP) is 4.05. The van der Waals surface area contributed by atoms with E-state index in [1.807, 2.05) is 19.1 Å². The zero-order chi connectivity index (χ0) is 17.5. The minimum absolute atomic E-state index is 0.000208. The van der Waals surface area contributed by atoms with Crippen LogP contribution in [0.1, 0.15) is 52.0 Å². The Bertz CT molecular complexity index is 632. The standard InChI is InChI=1S/C20H28O4/c1-13-11-17(21)20(3)15(18(22)23)5-4-6-16(20)19(13,2)9-7-14-8-10-24-12-14/h5,8,10,12-13,16-17,21H,4,6-7,9,11H2,1-3H3,(H,22,23)/t13-,16-,17-,19-,20-/m0/s1. The van der Waals surface area contributed by atoms with Crippen LogP contribution in [-0.4, -0.2) is 22.3 Å². The third-order valence-electron chi connectivity index (χ3n) is 7.06. The number of carbonyl (C=O) groups is 1. The van der Waals surface area contributed by atoms with Crippen LogP contribution in [0.3, 0.4) is 0 Å². The van der Waals surface area contributed by atoms with Crippen LogP contribution in [0.25, 0.3) is 0 Å². The van der Waals surface area contributed by atoms with E-state index in [4.69, 9.17) is 4.42 Å². The van der Waals surface area contributed by atoms with Crippen molar-refractivity contribution < 1.29 is 19.4 Å². The molecular formula is C20H28O4. The Kier molecular flexibility index (Phi) is 4.37. The van der Waals surface area contributed by atoms with E-state index >= 15 is 0 Å². The molecule has 2 aliphatic carbocycles. The van der Waals surface area contributed by atoms with Crippen LogP contribution in [0.5, 0.6) is 0 Å². The van der Waals surface area contributed by atoms with Gasteiger partial charge in [-0.1, -0.05) is 26.8 Å². The van der Waals surface area contributed by atoms with Crippen LogP contribution < -0.4 is 0 Å². The molecule has 0 unspecified atom stereocenters. The Morgan fingerprint density at radius 3 is 2.79 bits per heavy atom. The summed E-state index contributed by atoms with van der Waals surface area (Å²) >= 11 is 0. The average Bonchev–Trinajstić information content (AvgIpc) is 3.04. The molecule has 2 N–H and O–H groups in total. The highest BCUT2D eigenvalue weighted by Gasteiger charge is 2.59. The molecule has 1 aromatic rings. The van der Waals surface area contributed by atoms with E-state index in [1.54, 1.807) is 12.5 Å². The Balaban J connectivity index is 1.94. The predicted molar refractivity (Wildman–Crippen MR) is 91.5 cm³/mol. The van der Waals surface area contributed by atoms with Gasteiger partial charge < -0.3 is 14.6 Å². The second kappa shape index (κ2) is 6.07. The quantitative estimate of drug-likeness (QED) is 0.873. The van der Waals surface area contributed by atoms with Gasteiger partial charge in [0.25, 0.3) is 0 Å². The van der Waals surface area contributed by atoms with Crippen molar-refractivity contribution in [1.29, 1.82) is 0 Å². The van der Waals surface area contributed by atoms with Crippen molar-refractivity contribution in [3.63, 3.8) is 0 Å². The third kappa shape index (κ3) is 2.52. The Labute approximate surface area is 143 Å². The summed E-state index contributed by atoms with van der Waals surface area (Å²) in [4.78, 5) is 11.8. The molecule has 1 aromatic heterocycles. The molecule has 4 nitrogen and oxygen atoms in total. The summed E-state index contributed by atoms with van der Waals surface area (Å²) < 4.78 is 5.18. The van der Waals surface area contributed by atoms with Gasteiger partial charge in [-0.15, -0.1) is 0 Å². The van der Waals surface area contributed by atoms with E-state index in [0.717, 1.165) is 25.7 Å². The van der Waals surface area contributed by atoms with Crippen LogP contribution in [-0.2, 0) is 11.2 Å². The maximum Gasteiger partial charge on any atom is 0.331 e. The number of aliphatic carboxylic acids is 1. The Morgan fingerprint density at radius 1 is 1.42 bits per heavy atom. The van der Waals surface area contributed by atoms with Gasteiger partial charge in [-0.25, -0.2) is 4.79 Å². The summed E-state index contributed by atoms with van der Waals surface area (Å²) in [5.41, 5.74) is 0.927. The maximum atomic E-state index is 11.8. The van der Waals surface area contributed by atoms with Crippen LogP contribution in [0, 0.1) is 22.7 Å². The molecule has 5 atom stereocenters. The van der Waals surface area contributed by atoms with Crippen molar-refractivity contribution in [2.45, 2.75) is 59.0 Å². The second-order valence-electron chi connectivity index (χ2n) is 8.13. The third-order valence-corrected chi connectivity index (χ3v) is 7.06. The minimum Gasteiger partial charge on any atom is -0.478 e. The summed E-state index contributed by atoms with van der Waals surface area (Å²) in [6, 6.07) is 1.99. The van der Waals surface area contributed by atoms with Crippen molar-refractivity contribution >= 4 is 5.97 Å². The summed E-state index contributed by atoms with van der Waals surface area (Å²) in [5.74, 6) is -0.356. The molecule has 2 aliphatic rings. The van der Waals surface area contributed by atoms with E-state index in [0.29, 0.717) is 17.9 Å². The number of fused-ring (bicyclic) bond motifs is 1. The van der Waals surface area contributed by atoms with Crippen LogP contribution in [0.4, 0.5) is 0 Å². The summed E-state index contributed by atoms with van der Waals surface area (Å²) in [5, 5.41) is 20.5. The fraction of sp³-hybridized carbons (Fsp3) is 0.650. The zero-order valence-corrected chi connectivity index (χ0v) is 14.8. The molecule has 0 aromatic carbocycles. The lowest BCUT2D eigenvalue weighted by Gasteiger charge is -2.59. The first kappa shape index (κ1) is 17.3. The second-order valence-corrected chi connectivity index (χ2v) is 8.13. The molecule has 24 heavy (non-hydrogen) atoms. The lowest BCUT2D eigenvalue weighted by atomic mass is 9.45. The van der Waals surface area contributed by atoms with Crippen molar-refractivity contribution in [3.8, 4) is 0 Å². The molecule has 0 bridgehead atoms. The largest absolute Gasteiger partial charge is 0.478 e. The molecule has 1 fully saturated rings. The zero-order valence-electron chi connectivity index (χ0n) is 14.8. The number of furan rings is 1. The van der Waals surface area contributed by atoms with Gasteiger partial charge in [-0.3, -0.25) is 0 Å². The summed E-state index contributed by atoms with van der Waals surface area (Å²) in [6.07, 6.45) is 8.99. The molecule has 1 saturated carbocycles. The topological polar surface area (TPSA) is 70.7 Å². The van der Waals surface area contributed by atoms with Crippen molar-refractivity contribution in [2.75, 3.05) is 0 Å². The molecule has 0 radical (unpaired) electrons. The highest BCUT2D eigenvalue weighted by Crippen LogP contribution is 2.61. The number of allylic oxidation sites excluding steroid dienone is 1. The number of aliphatic hydroxyl groups is 1. The maximum absolute atomic E-state index is 11.8. The van der Waals surface area contributed by atoms with Crippen molar-refractivity contribution in [3.05, 3.63) is 35.8 Å². The minimum atomic E-state index is -0.881. The monoisotopic (exact) mass is 332 g/mol. The number of aryl methyl sites for hydroxylation is 1. The first-order chi connectivity index (χ1) is 11.3. The molecule has 0 amide bonds. The van der Waals surface area contributed by atoms with Gasteiger partial charge in [-0.05, 0) is 61.0 Å². The summed E-state index contributed by atoms with van der Waals surface area (Å²) in [6.45, 7) is 6.46. The van der Waals surface area contributed by atoms with Gasteiger partial charge in [0.05, 0.1) is 18.6 Å². The number of hydrogen-bond donors (Lipinski definition) is 2. The van der Waals surface area contributed by atoms with E-state index in [-0.39, 0.29) is 11.3 Å². The van der Waals surface area contributed by atoms with Crippen LogP contribution >= 0.6 is 0 Å². The number of carboxylic acid groups (broad SMARTS) is 1. The molecule has 132 valence electrons. The van der Waals surface area contributed by atoms with Gasteiger partial charge in [0.15, 0.2) is 0 Å². The lowest BCUT2D eigenvalue weighted by molar-refractivity contribution is -0.148. The smallest absolute Gasteiger partial charge is 0.331 e. The molecule has 4 heteroatoms. The Hall–Kier alpha value is -1.55. The van der Waals surface area contributed by atoms with E-state index in [1.165, 1.54) is 5.56 Å². The molecular weight excluding hydrogens is 304 g/mol. The number of rotatable bonds is 4. The number of hydrogen-bond acceptors (Lipinski definition) is 3. The first-order valence-corrected chi connectivity index (χ1v) is 8.93. The van der Waals surface area contributed by atoms with Gasteiger partial charge in [-0.2, -0.15) is 0 Å². The lowest BCUT2D eigenvalue weighted by Crippen LogP contribution is -2.57. The SMILES string of the molecule is C[C@H]1C[C@H](O)[C@@]2(C)C(C(=O)O)=CCC[C@H]2[C@@]1(C)CCc1ccoc1. The molecule has 0 aliphatic heterocycles. The number of carboxylic acids is 1. The van der Waals surface area contributed by atoms with E-state index in [2.05, 4.69) is 13.8 Å². The molecule has 0 spiro atoms. The Morgan fingerprint density at radius 2 is 2.17 bits per heavy atom. The van der Waals surface area contributed by atoms with Gasteiger partial charge in [0.2, 0.25) is 0 Å². The van der Waals surface area contributed by atoms with Crippen molar-refractivity contribution in [2.24, 2.45) is 22.7 Å². The van der Waals surface area contributed by atoms with Gasteiger partial charge in [0, 0.05) is 11.0 Å². The van der Waals surface area contributed by atoms with E-state index < -0.39 is 17.5 Å². The molecule has 1 heterocycles. The fourth-order valence-corrected chi connectivity index (χ4v) is 5.31. The highest BCUT2D eigenvalue weighted by atomic mass is 16.4. The number of aliphatic hydroxyl groups excluding tert-OH is 1. The average molecular weight is 332 g/mol. The van der Waals surface area contributed by atoms with Gasteiger partial charge >= 0.3 is 5.97 Å². The van der Waals surface area contributed by atoms with Crippen LogP contribution in [0.15, 0.2) is 34.7 Å². The van der Waals surface area contributed by atoms with Gasteiger partial charge in [0.1, 0.15) is 0 Å². The normalized spacial score (nSPS) is 39.2. The fourth-order valence-electron chi connectivity index (χ4n) is 5.31. The highest BCUT2D eigenvalue weighted by molar-refractivity contribution is 5.88.